The molecular formula is C24H26N4O2S2. The number of carbonyl (C=O) groups excluding carboxylic acids is 1. The molecular weight excluding hydrogens is 440 g/mol. The summed E-state index contributed by atoms with van der Waals surface area (Å²) in [5.74, 6) is 0.944. The number of nitrogens with zero attached hydrogens (tertiary/aromatic N) is 4. The molecule has 0 spiro atoms. The van der Waals surface area contributed by atoms with Crippen LogP contribution in [0.5, 0.6) is 5.75 Å². The molecule has 2 aromatic heterocycles. The highest BCUT2D eigenvalue weighted by Gasteiger charge is 2.35. The summed E-state index contributed by atoms with van der Waals surface area (Å²) in [6, 6.07) is 16.4. The minimum atomic E-state index is 0.000174. The second-order valence-corrected chi connectivity index (χ2v) is 9.89. The van der Waals surface area contributed by atoms with Crippen molar-refractivity contribution in [1.82, 2.24) is 9.91 Å². The second-order valence-electron chi connectivity index (χ2n) is 7.96. The van der Waals surface area contributed by atoms with E-state index in [4.69, 9.17) is 9.84 Å². The zero-order chi connectivity index (χ0) is 21.9. The third-order valence-corrected chi connectivity index (χ3v) is 7.90. The molecule has 2 aliphatic heterocycles. The van der Waals surface area contributed by atoms with Crippen molar-refractivity contribution in [3.05, 3.63) is 69.0 Å². The van der Waals surface area contributed by atoms with E-state index in [9.17, 15) is 4.79 Å². The minimum Gasteiger partial charge on any atom is -0.497 e. The van der Waals surface area contributed by atoms with Gasteiger partial charge in [-0.1, -0.05) is 12.1 Å². The van der Waals surface area contributed by atoms with E-state index in [-0.39, 0.29) is 11.9 Å². The summed E-state index contributed by atoms with van der Waals surface area (Å²) in [5.41, 5.74) is 2.20. The van der Waals surface area contributed by atoms with Crippen LogP contribution in [0.4, 0.5) is 5.69 Å². The summed E-state index contributed by atoms with van der Waals surface area (Å²) >= 11 is 3.37. The van der Waals surface area contributed by atoms with Crippen LogP contribution in [0.25, 0.3) is 0 Å². The maximum atomic E-state index is 13.3. The molecule has 1 saturated heterocycles. The fourth-order valence-corrected chi connectivity index (χ4v) is 5.79. The number of carbonyl (C=O) groups is 1. The maximum Gasteiger partial charge on any atom is 0.257 e. The van der Waals surface area contributed by atoms with Crippen LogP contribution in [0.15, 0.2) is 64.4 Å². The van der Waals surface area contributed by atoms with Gasteiger partial charge in [0.15, 0.2) is 0 Å². The molecule has 166 valence electrons. The lowest BCUT2D eigenvalue weighted by atomic mass is 10.1. The number of ether oxygens (including phenoxy) is 1. The van der Waals surface area contributed by atoms with Crippen LogP contribution in [0.2, 0.25) is 0 Å². The predicted molar refractivity (Wildman–Crippen MR) is 131 cm³/mol. The summed E-state index contributed by atoms with van der Waals surface area (Å²) < 4.78 is 5.25. The van der Waals surface area contributed by atoms with Crippen molar-refractivity contribution in [1.29, 1.82) is 0 Å². The van der Waals surface area contributed by atoms with E-state index in [1.165, 1.54) is 10.6 Å². The number of methoxy groups -OCH3 is 1. The van der Waals surface area contributed by atoms with Crippen LogP contribution in [0, 0.1) is 0 Å². The van der Waals surface area contributed by atoms with Crippen molar-refractivity contribution in [3.63, 3.8) is 0 Å². The predicted octanol–water partition coefficient (Wildman–Crippen LogP) is 4.32. The standard InChI is InChI=1S/C24H26N4O2S2/c1-30-19-8-6-18(7-9-19)27-12-10-26(11-13-27)17-24(29)28-21(23-5-3-15-32-23)16-20(25-28)22-4-2-14-31-22/h2-9,14-15,21H,10-13,16-17H2,1H3/t21-/m0/s1. The highest BCUT2D eigenvalue weighted by atomic mass is 32.1. The Balaban J connectivity index is 1.23. The first-order valence-corrected chi connectivity index (χ1v) is 12.6. The van der Waals surface area contributed by atoms with Crippen LogP contribution in [0.3, 0.4) is 0 Å². The van der Waals surface area contributed by atoms with Crippen molar-refractivity contribution in [3.8, 4) is 5.75 Å². The molecule has 8 heteroatoms. The Morgan fingerprint density at radius 1 is 1.03 bits per heavy atom. The smallest absolute Gasteiger partial charge is 0.257 e. The van der Waals surface area contributed by atoms with Gasteiger partial charge in [-0.3, -0.25) is 9.69 Å². The van der Waals surface area contributed by atoms with E-state index in [1.54, 1.807) is 34.8 Å². The number of piperazine rings is 1. The number of hydrogen-bond acceptors (Lipinski definition) is 7. The van der Waals surface area contributed by atoms with E-state index >= 15 is 0 Å². The zero-order valence-corrected chi connectivity index (χ0v) is 19.6. The molecule has 2 aliphatic rings. The molecule has 32 heavy (non-hydrogen) atoms. The van der Waals surface area contributed by atoms with Crippen molar-refractivity contribution in [2.24, 2.45) is 5.10 Å². The van der Waals surface area contributed by atoms with E-state index < -0.39 is 0 Å². The molecule has 0 bridgehead atoms. The van der Waals surface area contributed by atoms with E-state index in [1.807, 2.05) is 24.3 Å². The molecule has 6 nitrogen and oxygen atoms in total. The van der Waals surface area contributed by atoms with Gasteiger partial charge in [-0.05, 0) is 47.2 Å². The second kappa shape index (κ2) is 9.44. The molecule has 0 saturated carbocycles. The molecule has 0 N–H and O–H groups in total. The Kier molecular flexibility index (Phi) is 6.25. The van der Waals surface area contributed by atoms with Gasteiger partial charge in [0.2, 0.25) is 0 Å². The Morgan fingerprint density at radius 2 is 1.78 bits per heavy atom. The molecule has 1 fully saturated rings. The first-order valence-electron chi connectivity index (χ1n) is 10.8. The molecule has 0 aliphatic carbocycles. The number of hydrogen-bond donors (Lipinski definition) is 0. The van der Waals surface area contributed by atoms with Crippen molar-refractivity contribution < 1.29 is 9.53 Å². The minimum absolute atomic E-state index is 0.000174. The maximum absolute atomic E-state index is 13.3. The van der Waals surface area contributed by atoms with Gasteiger partial charge < -0.3 is 9.64 Å². The number of benzene rings is 1. The number of amides is 1. The fourth-order valence-electron chi connectivity index (χ4n) is 4.26. The van der Waals surface area contributed by atoms with Gasteiger partial charge in [0.1, 0.15) is 5.75 Å². The Hall–Kier alpha value is -2.68. The number of thiophene rings is 2. The summed E-state index contributed by atoms with van der Waals surface area (Å²) in [6.07, 6.45) is 0.776. The highest BCUT2D eigenvalue weighted by molar-refractivity contribution is 7.12. The van der Waals surface area contributed by atoms with E-state index in [2.05, 4.69) is 44.8 Å². The average molecular weight is 467 g/mol. The monoisotopic (exact) mass is 466 g/mol. The van der Waals surface area contributed by atoms with Crippen LogP contribution < -0.4 is 9.64 Å². The molecule has 5 rings (SSSR count). The molecule has 3 aromatic rings. The van der Waals surface area contributed by atoms with Gasteiger partial charge in [-0.25, -0.2) is 5.01 Å². The van der Waals surface area contributed by atoms with Crippen molar-refractivity contribution in [2.75, 3.05) is 44.7 Å². The van der Waals surface area contributed by atoms with E-state index in [0.717, 1.165) is 48.9 Å². The van der Waals surface area contributed by atoms with Crippen molar-refractivity contribution >= 4 is 40.0 Å². The molecule has 4 heterocycles. The fraction of sp³-hybridized carbons (Fsp3) is 0.333. The highest BCUT2D eigenvalue weighted by Crippen LogP contribution is 2.36. The number of hydrazone groups is 1. The van der Waals surface area contributed by atoms with Gasteiger partial charge >= 0.3 is 0 Å². The first-order chi connectivity index (χ1) is 15.7. The number of anilines is 1. The SMILES string of the molecule is COc1ccc(N2CCN(CC(=O)N3N=C(c4cccs4)C[C@H]3c3cccs3)CC2)cc1. The lowest BCUT2D eigenvalue weighted by molar-refractivity contribution is -0.134. The molecule has 0 unspecified atom stereocenters. The average Bonchev–Trinajstić information content (AvgIpc) is 3.61. The van der Waals surface area contributed by atoms with Crippen LogP contribution in [-0.2, 0) is 4.79 Å². The van der Waals surface area contributed by atoms with Crippen LogP contribution in [-0.4, -0.2) is 61.4 Å². The lowest BCUT2D eigenvalue weighted by Gasteiger charge is -2.36. The van der Waals surface area contributed by atoms with Crippen LogP contribution in [0.1, 0.15) is 22.2 Å². The van der Waals surface area contributed by atoms with Gasteiger partial charge in [-0.15, -0.1) is 22.7 Å². The Labute approximate surface area is 196 Å². The number of rotatable bonds is 6. The summed E-state index contributed by atoms with van der Waals surface area (Å²) in [7, 11) is 1.68. The third-order valence-electron chi connectivity index (χ3n) is 6.01. The quantitative estimate of drug-likeness (QED) is 0.543. The normalized spacial score (nSPS) is 19.3. The first kappa shape index (κ1) is 21.2. The Bertz CT molecular complexity index is 1060. The van der Waals surface area contributed by atoms with E-state index in [0.29, 0.717) is 6.54 Å². The van der Waals surface area contributed by atoms with Gasteiger partial charge in [-0.2, -0.15) is 5.10 Å². The molecule has 1 atom stereocenters. The zero-order valence-electron chi connectivity index (χ0n) is 18.0. The van der Waals surface area contributed by atoms with Crippen molar-refractivity contribution in [2.45, 2.75) is 12.5 Å². The lowest BCUT2D eigenvalue weighted by Crippen LogP contribution is -2.49. The van der Waals surface area contributed by atoms with Gasteiger partial charge in [0, 0.05) is 43.2 Å². The van der Waals surface area contributed by atoms with Gasteiger partial charge in [0.05, 0.1) is 30.3 Å². The molecule has 1 aromatic carbocycles. The van der Waals surface area contributed by atoms with Gasteiger partial charge in [0.25, 0.3) is 5.91 Å². The largest absolute Gasteiger partial charge is 0.497 e. The molecule has 0 radical (unpaired) electrons. The summed E-state index contributed by atoms with van der Waals surface area (Å²) in [5, 5.41) is 10.6. The van der Waals surface area contributed by atoms with Crippen LogP contribution >= 0.6 is 22.7 Å². The summed E-state index contributed by atoms with van der Waals surface area (Å²) in [6.45, 7) is 3.92. The summed E-state index contributed by atoms with van der Waals surface area (Å²) in [4.78, 5) is 20.3. The Morgan fingerprint density at radius 3 is 2.44 bits per heavy atom. The third kappa shape index (κ3) is 4.44. The topological polar surface area (TPSA) is 48.4 Å². The molecule has 1 amide bonds.